The molecule has 0 radical (unpaired) electrons. The summed E-state index contributed by atoms with van der Waals surface area (Å²) in [5.41, 5.74) is 1.39. The molecule has 1 aromatic carbocycles. The zero-order valence-corrected chi connectivity index (χ0v) is 10.9. The summed E-state index contributed by atoms with van der Waals surface area (Å²) in [6.07, 6.45) is 0. The van der Waals surface area contributed by atoms with Gasteiger partial charge in [0.05, 0.1) is 7.11 Å². The van der Waals surface area contributed by atoms with Gasteiger partial charge in [0, 0.05) is 14.0 Å². The summed E-state index contributed by atoms with van der Waals surface area (Å²) in [4.78, 5) is 23.8. The summed E-state index contributed by atoms with van der Waals surface area (Å²) in [7, 11) is 3.03. The second kappa shape index (κ2) is 5.53. The van der Waals surface area contributed by atoms with Crippen molar-refractivity contribution >= 4 is 11.9 Å². The van der Waals surface area contributed by atoms with E-state index in [-0.39, 0.29) is 5.91 Å². The molecule has 1 atom stereocenters. The van der Waals surface area contributed by atoms with E-state index in [0.717, 1.165) is 5.56 Å². The molecule has 0 aliphatic carbocycles. The Bertz CT molecular complexity index is 470. The number of benzene rings is 1. The quantitative estimate of drug-likeness (QED) is 0.882. The van der Waals surface area contributed by atoms with Crippen LogP contribution in [-0.4, -0.2) is 36.0 Å². The van der Waals surface area contributed by atoms with Crippen LogP contribution in [0.1, 0.15) is 24.1 Å². The van der Waals surface area contributed by atoms with Crippen LogP contribution in [0, 0.1) is 6.92 Å². The minimum Gasteiger partial charge on any atom is -0.496 e. The highest BCUT2D eigenvalue weighted by Gasteiger charge is 2.26. The second-order valence-corrected chi connectivity index (χ2v) is 4.10. The number of ether oxygens (including phenoxy) is 1. The smallest absolute Gasteiger partial charge is 0.331 e. The number of carbonyl (C=O) groups excluding carboxylic acids is 1. The number of carbonyl (C=O) groups is 2. The third kappa shape index (κ3) is 2.80. The van der Waals surface area contributed by atoms with Crippen molar-refractivity contribution in [3.63, 3.8) is 0 Å². The van der Waals surface area contributed by atoms with Crippen LogP contribution in [0.3, 0.4) is 0 Å². The molecule has 1 N–H and O–H groups in total. The van der Waals surface area contributed by atoms with Gasteiger partial charge in [0.15, 0.2) is 6.04 Å². The van der Waals surface area contributed by atoms with Crippen LogP contribution in [0.4, 0.5) is 0 Å². The molecule has 0 saturated carbocycles. The first kappa shape index (κ1) is 14.0. The normalized spacial score (nSPS) is 11.8. The van der Waals surface area contributed by atoms with Gasteiger partial charge in [-0.3, -0.25) is 4.79 Å². The van der Waals surface area contributed by atoms with Gasteiger partial charge in [0.25, 0.3) is 0 Å². The summed E-state index contributed by atoms with van der Waals surface area (Å²) in [6.45, 7) is 3.17. The molecule has 0 saturated heterocycles. The highest BCUT2D eigenvalue weighted by atomic mass is 16.5. The van der Waals surface area contributed by atoms with Gasteiger partial charge in [0.1, 0.15) is 5.75 Å². The van der Waals surface area contributed by atoms with Crippen LogP contribution >= 0.6 is 0 Å². The predicted octanol–water partition coefficient (Wildman–Crippen LogP) is 1.61. The number of hydrogen-bond donors (Lipinski definition) is 1. The molecule has 0 bridgehead atoms. The molecular formula is C13H17NO4. The van der Waals surface area contributed by atoms with E-state index in [1.54, 1.807) is 25.3 Å². The van der Waals surface area contributed by atoms with Gasteiger partial charge in [-0.15, -0.1) is 0 Å². The van der Waals surface area contributed by atoms with Gasteiger partial charge in [-0.1, -0.05) is 6.07 Å². The van der Waals surface area contributed by atoms with Crippen molar-refractivity contribution in [1.82, 2.24) is 4.90 Å². The topological polar surface area (TPSA) is 66.8 Å². The molecule has 0 spiro atoms. The Labute approximate surface area is 106 Å². The first-order valence-corrected chi connectivity index (χ1v) is 5.49. The lowest BCUT2D eigenvalue weighted by atomic mass is 10.0. The van der Waals surface area contributed by atoms with Gasteiger partial charge >= 0.3 is 5.97 Å². The predicted molar refractivity (Wildman–Crippen MR) is 66.6 cm³/mol. The molecule has 1 amide bonds. The van der Waals surface area contributed by atoms with Crippen molar-refractivity contribution in [1.29, 1.82) is 0 Å². The molecule has 5 nitrogen and oxygen atoms in total. The fourth-order valence-corrected chi connectivity index (χ4v) is 1.79. The number of nitrogens with zero attached hydrogens (tertiary/aromatic N) is 1. The summed E-state index contributed by atoms with van der Waals surface area (Å²) < 4.78 is 5.12. The molecule has 1 unspecified atom stereocenters. The maximum absolute atomic E-state index is 11.3. The van der Waals surface area contributed by atoms with E-state index >= 15 is 0 Å². The Hall–Kier alpha value is -2.04. The summed E-state index contributed by atoms with van der Waals surface area (Å²) >= 11 is 0. The number of aliphatic carboxylic acids is 1. The fourth-order valence-electron chi connectivity index (χ4n) is 1.79. The van der Waals surface area contributed by atoms with Gasteiger partial charge in [-0.05, 0) is 30.2 Å². The molecule has 0 aliphatic rings. The number of likely N-dealkylation sites (N-methyl/N-ethyl adjacent to an activating group) is 1. The lowest BCUT2D eigenvalue weighted by Crippen LogP contribution is -2.34. The Morgan fingerprint density at radius 3 is 2.39 bits per heavy atom. The van der Waals surface area contributed by atoms with Crippen molar-refractivity contribution in [3.05, 3.63) is 29.3 Å². The average Bonchev–Trinajstić information content (AvgIpc) is 2.28. The van der Waals surface area contributed by atoms with Gasteiger partial charge in [0.2, 0.25) is 5.91 Å². The van der Waals surface area contributed by atoms with Crippen LogP contribution in [0.15, 0.2) is 18.2 Å². The Kier molecular flexibility index (Phi) is 4.31. The molecule has 0 aromatic heterocycles. The van der Waals surface area contributed by atoms with Gasteiger partial charge in [-0.2, -0.15) is 0 Å². The molecule has 18 heavy (non-hydrogen) atoms. The minimum atomic E-state index is -1.06. The van der Waals surface area contributed by atoms with Gasteiger partial charge in [-0.25, -0.2) is 4.79 Å². The van der Waals surface area contributed by atoms with E-state index in [1.807, 2.05) is 6.92 Å². The lowest BCUT2D eigenvalue weighted by molar-refractivity contribution is -0.148. The van der Waals surface area contributed by atoms with Crippen molar-refractivity contribution in [3.8, 4) is 5.75 Å². The number of carboxylic acid groups (broad SMARTS) is 1. The molecule has 0 aliphatic heterocycles. The van der Waals surface area contributed by atoms with E-state index in [9.17, 15) is 14.7 Å². The standard InChI is InChI=1S/C13H17NO4/c1-8-7-10(5-6-11(8)18-4)12(13(16)17)14(3)9(2)15/h5-7,12H,1-4H3,(H,16,17). The van der Waals surface area contributed by atoms with Crippen LogP contribution < -0.4 is 4.74 Å². The van der Waals surface area contributed by atoms with E-state index in [0.29, 0.717) is 11.3 Å². The molecule has 1 aromatic rings. The van der Waals surface area contributed by atoms with Crippen molar-refractivity contribution < 1.29 is 19.4 Å². The van der Waals surface area contributed by atoms with E-state index < -0.39 is 12.0 Å². The average molecular weight is 251 g/mol. The Morgan fingerprint density at radius 2 is 2.00 bits per heavy atom. The number of aryl methyl sites for hydroxylation is 1. The first-order chi connectivity index (χ1) is 8.38. The SMILES string of the molecule is COc1ccc(C(C(=O)O)N(C)C(C)=O)cc1C. The first-order valence-electron chi connectivity index (χ1n) is 5.49. The van der Waals surface area contributed by atoms with Crippen molar-refractivity contribution in [2.24, 2.45) is 0 Å². The molecule has 0 fully saturated rings. The highest BCUT2D eigenvalue weighted by Crippen LogP contribution is 2.25. The van der Waals surface area contributed by atoms with Gasteiger partial charge < -0.3 is 14.7 Å². The van der Waals surface area contributed by atoms with E-state index in [1.165, 1.54) is 18.9 Å². The lowest BCUT2D eigenvalue weighted by Gasteiger charge is -2.24. The van der Waals surface area contributed by atoms with Crippen molar-refractivity contribution in [2.45, 2.75) is 19.9 Å². The number of carboxylic acids is 1. The highest BCUT2D eigenvalue weighted by molar-refractivity contribution is 5.83. The maximum atomic E-state index is 11.3. The second-order valence-electron chi connectivity index (χ2n) is 4.10. The molecular weight excluding hydrogens is 234 g/mol. The molecule has 0 heterocycles. The Morgan fingerprint density at radius 1 is 1.39 bits per heavy atom. The largest absolute Gasteiger partial charge is 0.496 e. The fraction of sp³-hybridized carbons (Fsp3) is 0.385. The summed E-state index contributed by atoms with van der Waals surface area (Å²) in [5.74, 6) is -0.665. The zero-order valence-electron chi connectivity index (χ0n) is 10.9. The number of amides is 1. The summed E-state index contributed by atoms with van der Waals surface area (Å²) in [6, 6.07) is 4.10. The van der Waals surface area contributed by atoms with Crippen LogP contribution in [0.2, 0.25) is 0 Å². The molecule has 1 rings (SSSR count). The number of rotatable bonds is 4. The van der Waals surface area contributed by atoms with Crippen LogP contribution in [0.5, 0.6) is 5.75 Å². The maximum Gasteiger partial charge on any atom is 0.331 e. The number of hydrogen-bond acceptors (Lipinski definition) is 3. The third-order valence-corrected chi connectivity index (χ3v) is 2.85. The minimum absolute atomic E-state index is 0.295. The molecule has 5 heteroatoms. The van der Waals surface area contributed by atoms with E-state index in [4.69, 9.17) is 4.74 Å². The monoisotopic (exact) mass is 251 g/mol. The number of methoxy groups -OCH3 is 1. The third-order valence-electron chi connectivity index (χ3n) is 2.85. The Balaban J connectivity index is 3.19. The van der Waals surface area contributed by atoms with Crippen LogP contribution in [0.25, 0.3) is 0 Å². The van der Waals surface area contributed by atoms with Crippen LogP contribution in [-0.2, 0) is 9.59 Å². The van der Waals surface area contributed by atoms with Crippen molar-refractivity contribution in [2.75, 3.05) is 14.2 Å². The zero-order chi connectivity index (χ0) is 13.9. The summed E-state index contributed by atoms with van der Waals surface area (Å²) in [5, 5.41) is 9.24. The van der Waals surface area contributed by atoms with E-state index in [2.05, 4.69) is 0 Å². The molecule has 98 valence electrons.